The number of nitrogens with one attached hydrogen (secondary N) is 2. The van der Waals surface area contributed by atoms with Gasteiger partial charge < -0.3 is 15.0 Å². The molecule has 0 saturated heterocycles. The summed E-state index contributed by atoms with van der Waals surface area (Å²) < 4.78 is 26.3. The molecule has 0 spiro atoms. The molecule has 0 aliphatic heterocycles. The van der Waals surface area contributed by atoms with Crippen LogP contribution in [0.1, 0.15) is 37.2 Å². The molecule has 0 fully saturated rings. The summed E-state index contributed by atoms with van der Waals surface area (Å²) in [6, 6.07) is 1.58. The lowest BCUT2D eigenvalue weighted by molar-refractivity contribution is 0.0691. The van der Waals surface area contributed by atoms with Gasteiger partial charge >= 0.3 is 5.97 Å². The van der Waals surface area contributed by atoms with E-state index in [1.165, 1.54) is 6.20 Å². The topological polar surface area (TPSA) is 103 Å². The van der Waals surface area contributed by atoms with Crippen molar-refractivity contribution in [3.05, 3.63) is 18.0 Å². The Morgan fingerprint density at radius 3 is 2.62 bits per heavy atom. The number of aromatic amines is 1. The quantitative estimate of drug-likeness (QED) is 0.592. The van der Waals surface area contributed by atoms with Crippen molar-refractivity contribution < 1.29 is 18.3 Å². The Morgan fingerprint density at radius 1 is 1.43 bits per heavy atom. The molecule has 1 rings (SSSR count). The molecule has 7 nitrogen and oxygen atoms in total. The van der Waals surface area contributed by atoms with Gasteiger partial charge in [-0.1, -0.05) is 0 Å². The average Bonchev–Trinajstić information content (AvgIpc) is 2.88. The molecular weight excluding hydrogens is 294 g/mol. The fraction of sp³-hybridized carbons (Fsp3) is 0.615. The molecule has 0 saturated carbocycles. The van der Waals surface area contributed by atoms with Crippen molar-refractivity contribution >= 4 is 16.0 Å². The molecule has 1 heterocycles. The Balaban J connectivity index is 2.41. The third-order valence-corrected chi connectivity index (χ3v) is 4.75. The molecule has 0 unspecified atom stereocenters. The minimum atomic E-state index is -3.65. The first kappa shape index (κ1) is 17.7. The Bertz CT molecular complexity index is 566. The fourth-order valence-corrected chi connectivity index (χ4v) is 2.75. The maximum absolute atomic E-state index is 11.9. The van der Waals surface area contributed by atoms with Crippen molar-refractivity contribution in [2.75, 3.05) is 20.1 Å². The summed E-state index contributed by atoms with van der Waals surface area (Å²) in [5.41, 5.74) is -0.145. The van der Waals surface area contributed by atoms with Gasteiger partial charge in [-0.3, -0.25) is 0 Å². The van der Waals surface area contributed by atoms with Crippen LogP contribution in [-0.2, 0) is 10.0 Å². The monoisotopic (exact) mass is 317 g/mol. The number of unbranched alkanes of at least 4 members (excludes halogenated alkanes) is 1. The molecule has 0 atom stereocenters. The summed E-state index contributed by atoms with van der Waals surface area (Å²) in [7, 11) is -1.62. The van der Waals surface area contributed by atoms with Gasteiger partial charge in [0.15, 0.2) is 0 Å². The summed E-state index contributed by atoms with van der Waals surface area (Å²) in [5.74, 6) is -1.19. The van der Waals surface area contributed by atoms with Crippen molar-refractivity contribution in [1.29, 1.82) is 0 Å². The zero-order chi connectivity index (χ0) is 16.0. The van der Waals surface area contributed by atoms with Crippen LogP contribution < -0.4 is 4.72 Å². The maximum atomic E-state index is 11.9. The van der Waals surface area contributed by atoms with Gasteiger partial charge in [-0.05, 0) is 46.3 Å². The van der Waals surface area contributed by atoms with E-state index in [1.54, 1.807) is 0 Å². The number of aromatic nitrogens is 1. The molecule has 8 heteroatoms. The minimum absolute atomic E-state index is 0.0563. The van der Waals surface area contributed by atoms with Gasteiger partial charge in [-0.25, -0.2) is 17.9 Å². The molecule has 0 aliphatic rings. The van der Waals surface area contributed by atoms with Crippen LogP contribution in [0.25, 0.3) is 0 Å². The Hall–Kier alpha value is -1.38. The number of nitrogens with zero attached hydrogens (tertiary/aromatic N) is 1. The van der Waals surface area contributed by atoms with Crippen molar-refractivity contribution in [1.82, 2.24) is 14.6 Å². The van der Waals surface area contributed by atoms with Crippen molar-refractivity contribution in [2.24, 2.45) is 0 Å². The van der Waals surface area contributed by atoms with E-state index in [0.717, 1.165) is 25.5 Å². The molecule has 0 radical (unpaired) electrons. The molecule has 21 heavy (non-hydrogen) atoms. The number of sulfonamides is 1. The number of H-pyrrole nitrogens is 1. The van der Waals surface area contributed by atoms with E-state index in [-0.39, 0.29) is 10.6 Å². The first-order valence-corrected chi connectivity index (χ1v) is 8.34. The van der Waals surface area contributed by atoms with E-state index in [0.29, 0.717) is 12.6 Å². The average molecular weight is 317 g/mol. The number of hydrogen-bond acceptors (Lipinski definition) is 4. The second-order valence-corrected chi connectivity index (χ2v) is 7.00. The predicted octanol–water partition coefficient (Wildman–Crippen LogP) is 1.11. The standard InChI is InChI=1S/C13H23N3O4S/c1-10(2)16(3)7-5-4-6-15-21(19,20)11-8-12(13(17)18)14-9-11/h8-10,14-15H,4-7H2,1-3H3,(H,17,18). The van der Waals surface area contributed by atoms with Crippen LogP contribution in [0, 0.1) is 0 Å². The third-order valence-electron chi connectivity index (χ3n) is 3.31. The van der Waals surface area contributed by atoms with Crippen LogP contribution in [0.3, 0.4) is 0 Å². The van der Waals surface area contributed by atoms with Crippen molar-refractivity contribution in [2.45, 2.75) is 37.6 Å². The van der Waals surface area contributed by atoms with Gasteiger partial charge in [0.05, 0.1) is 0 Å². The molecule has 0 amide bonds. The number of carboxylic acids is 1. The van der Waals surface area contributed by atoms with Crippen LogP contribution in [0.2, 0.25) is 0 Å². The zero-order valence-electron chi connectivity index (χ0n) is 12.6. The van der Waals surface area contributed by atoms with E-state index >= 15 is 0 Å². The molecule has 3 N–H and O–H groups in total. The van der Waals surface area contributed by atoms with Crippen LogP contribution in [-0.4, -0.2) is 55.6 Å². The molecule has 1 aromatic rings. The van der Waals surface area contributed by atoms with Gasteiger partial charge in [0.2, 0.25) is 10.0 Å². The van der Waals surface area contributed by atoms with Crippen LogP contribution in [0.4, 0.5) is 0 Å². The van der Waals surface area contributed by atoms with E-state index in [9.17, 15) is 13.2 Å². The largest absolute Gasteiger partial charge is 0.477 e. The maximum Gasteiger partial charge on any atom is 0.352 e. The van der Waals surface area contributed by atoms with Crippen molar-refractivity contribution in [3.63, 3.8) is 0 Å². The van der Waals surface area contributed by atoms with Gasteiger partial charge in [0.25, 0.3) is 0 Å². The van der Waals surface area contributed by atoms with Gasteiger partial charge in [-0.2, -0.15) is 0 Å². The van der Waals surface area contributed by atoms with Crippen molar-refractivity contribution in [3.8, 4) is 0 Å². The first-order chi connectivity index (χ1) is 9.74. The highest BCUT2D eigenvalue weighted by atomic mass is 32.2. The zero-order valence-corrected chi connectivity index (χ0v) is 13.4. The molecular formula is C13H23N3O4S. The van der Waals surface area contributed by atoms with Crippen LogP contribution >= 0.6 is 0 Å². The number of rotatable bonds is 9. The first-order valence-electron chi connectivity index (χ1n) is 6.85. The summed E-state index contributed by atoms with van der Waals surface area (Å²) in [5, 5.41) is 8.76. The van der Waals surface area contributed by atoms with Crippen LogP contribution in [0.5, 0.6) is 0 Å². The number of carboxylic acid groups (broad SMARTS) is 1. The summed E-state index contributed by atoms with van der Waals surface area (Å²) in [6.45, 7) is 5.46. The highest BCUT2D eigenvalue weighted by molar-refractivity contribution is 7.89. The Morgan fingerprint density at radius 2 is 2.10 bits per heavy atom. The molecule has 120 valence electrons. The number of aromatic carboxylic acids is 1. The van der Waals surface area contributed by atoms with Gasteiger partial charge in [-0.15, -0.1) is 0 Å². The summed E-state index contributed by atoms with van der Waals surface area (Å²) in [6.07, 6.45) is 2.80. The lowest BCUT2D eigenvalue weighted by Crippen LogP contribution is -2.29. The van der Waals surface area contributed by atoms with Gasteiger partial charge in [0.1, 0.15) is 10.6 Å². The van der Waals surface area contributed by atoms with E-state index < -0.39 is 16.0 Å². The predicted molar refractivity (Wildman–Crippen MR) is 79.9 cm³/mol. The Kier molecular flexibility index (Phi) is 6.38. The smallest absolute Gasteiger partial charge is 0.352 e. The second kappa shape index (κ2) is 7.58. The molecule has 0 bridgehead atoms. The van der Waals surface area contributed by atoms with E-state index in [2.05, 4.69) is 28.5 Å². The summed E-state index contributed by atoms with van der Waals surface area (Å²) in [4.78, 5) is 15.3. The SMILES string of the molecule is CC(C)N(C)CCCCNS(=O)(=O)c1c[nH]c(C(=O)O)c1. The number of carbonyl (C=O) groups is 1. The molecule has 0 aromatic carbocycles. The lowest BCUT2D eigenvalue weighted by atomic mass is 10.2. The lowest BCUT2D eigenvalue weighted by Gasteiger charge is -2.20. The second-order valence-electron chi connectivity index (χ2n) is 5.23. The van der Waals surface area contributed by atoms with Gasteiger partial charge in [0, 0.05) is 18.8 Å². The van der Waals surface area contributed by atoms with E-state index in [4.69, 9.17) is 5.11 Å². The number of hydrogen-bond donors (Lipinski definition) is 3. The normalized spacial score (nSPS) is 12.2. The molecule has 1 aromatic heterocycles. The molecule has 0 aliphatic carbocycles. The highest BCUT2D eigenvalue weighted by Gasteiger charge is 2.17. The third kappa shape index (κ3) is 5.49. The highest BCUT2D eigenvalue weighted by Crippen LogP contribution is 2.10. The summed E-state index contributed by atoms with van der Waals surface area (Å²) >= 11 is 0. The van der Waals surface area contributed by atoms with Crippen LogP contribution in [0.15, 0.2) is 17.2 Å². The Labute approximate surface area is 125 Å². The minimum Gasteiger partial charge on any atom is -0.477 e. The van der Waals surface area contributed by atoms with E-state index in [1.807, 2.05) is 7.05 Å². The fourth-order valence-electron chi connectivity index (χ4n) is 1.69.